The number of carbonyl (C=O) groups is 1. The van der Waals surface area contributed by atoms with E-state index in [1.165, 1.54) is 11.3 Å². The van der Waals surface area contributed by atoms with Crippen LogP contribution in [0.1, 0.15) is 29.8 Å². The molecule has 0 fully saturated rings. The van der Waals surface area contributed by atoms with Gasteiger partial charge in [0.15, 0.2) is 0 Å². The zero-order chi connectivity index (χ0) is 16.9. The first-order valence-corrected chi connectivity index (χ1v) is 9.54. The Balaban J connectivity index is 1.68. The molecule has 24 heavy (non-hydrogen) atoms. The van der Waals surface area contributed by atoms with Crippen LogP contribution in [0.3, 0.4) is 0 Å². The average molecular weight is 358 g/mol. The molecule has 1 aromatic carbocycles. The van der Waals surface area contributed by atoms with Gasteiger partial charge in [-0.15, -0.1) is 11.3 Å². The Morgan fingerprint density at radius 1 is 1.29 bits per heavy atom. The van der Waals surface area contributed by atoms with Crippen LogP contribution in [0, 0.1) is 5.92 Å². The van der Waals surface area contributed by atoms with Crippen LogP contribution in [0.2, 0.25) is 0 Å². The van der Waals surface area contributed by atoms with Gasteiger partial charge in [0.05, 0.1) is 5.51 Å². The summed E-state index contributed by atoms with van der Waals surface area (Å²) in [5.41, 5.74) is 4.40. The summed E-state index contributed by atoms with van der Waals surface area (Å²) in [6, 6.07) is 7.71. The third-order valence-electron chi connectivity index (χ3n) is 3.34. The quantitative estimate of drug-likeness (QED) is 0.537. The molecule has 0 saturated carbocycles. The minimum Gasteiger partial charge on any atom is -0.352 e. The number of thioether (sulfide) groups is 1. The fraction of sp³-hybridized carbons (Fsp3) is 0.294. The molecule has 5 nitrogen and oxygen atoms in total. The van der Waals surface area contributed by atoms with Crippen LogP contribution in [0.5, 0.6) is 0 Å². The predicted molar refractivity (Wildman–Crippen MR) is 98.4 cm³/mol. The summed E-state index contributed by atoms with van der Waals surface area (Å²) in [6.45, 7) is 4.84. The minimum absolute atomic E-state index is 0.0283. The molecule has 2 aromatic heterocycles. The molecular weight excluding hydrogens is 340 g/mol. The van der Waals surface area contributed by atoms with Crippen molar-refractivity contribution in [3.63, 3.8) is 0 Å². The maximum Gasteiger partial charge on any atom is 0.251 e. The Morgan fingerprint density at radius 2 is 2.17 bits per heavy atom. The number of fused-ring (bicyclic) bond motifs is 1. The summed E-state index contributed by atoms with van der Waals surface area (Å²) >= 11 is 3.12. The number of amides is 1. The van der Waals surface area contributed by atoms with Crippen molar-refractivity contribution < 1.29 is 4.79 Å². The van der Waals surface area contributed by atoms with Crippen molar-refractivity contribution in [2.24, 2.45) is 5.92 Å². The van der Waals surface area contributed by atoms with Crippen molar-refractivity contribution in [2.45, 2.75) is 24.6 Å². The molecular formula is C17H18N4OS2. The number of nitrogens with zero attached hydrogens (tertiary/aromatic N) is 3. The van der Waals surface area contributed by atoms with Gasteiger partial charge in [0.25, 0.3) is 5.91 Å². The fourth-order valence-electron chi connectivity index (χ4n) is 2.13. The van der Waals surface area contributed by atoms with Crippen LogP contribution < -0.4 is 5.32 Å². The number of carbonyl (C=O) groups excluding carboxylic acids is 1. The number of aromatic nitrogens is 3. The van der Waals surface area contributed by atoms with Gasteiger partial charge in [-0.25, -0.2) is 15.0 Å². The number of hydrogen-bond acceptors (Lipinski definition) is 6. The molecule has 1 amide bonds. The molecule has 0 spiro atoms. The number of rotatable bonds is 6. The third kappa shape index (κ3) is 4.10. The fourth-order valence-corrected chi connectivity index (χ4v) is 3.71. The molecule has 0 atom stereocenters. The molecule has 1 N–H and O–H groups in total. The van der Waals surface area contributed by atoms with Crippen molar-refractivity contribution in [1.82, 2.24) is 20.3 Å². The maximum absolute atomic E-state index is 12.2. The summed E-state index contributed by atoms with van der Waals surface area (Å²) in [5.74, 6) is 1.14. The lowest BCUT2D eigenvalue weighted by atomic mass is 10.1. The summed E-state index contributed by atoms with van der Waals surface area (Å²) in [7, 11) is 0. The van der Waals surface area contributed by atoms with E-state index >= 15 is 0 Å². The Bertz CT molecular complexity index is 847. The van der Waals surface area contributed by atoms with E-state index in [2.05, 4.69) is 34.1 Å². The molecule has 0 bridgehead atoms. The van der Waals surface area contributed by atoms with Gasteiger partial charge in [-0.05, 0) is 23.6 Å². The van der Waals surface area contributed by atoms with Crippen molar-refractivity contribution in [3.8, 4) is 0 Å². The molecule has 3 aromatic rings. The molecule has 3 rings (SSSR count). The molecule has 0 aliphatic carbocycles. The van der Waals surface area contributed by atoms with E-state index in [4.69, 9.17) is 0 Å². The van der Waals surface area contributed by atoms with Crippen LogP contribution in [0.15, 0.2) is 41.1 Å². The van der Waals surface area contributed by atoms with E-state index in [0.29, 0.717) is 18.0 Å². The Morgan fingerprint density at radius 3 is 3.00 bits per heavy atom. The van der Waals surface area contributed by atoms with Crippen LogP contribution in [-0.2, 0) is 5.75 Å². The van der Waals surface area contributed by atoms with Gasteiger partial charge in [0.2, 0.25) is 0 Å². The average Bonchev–Trinajstić information content (AvgIpc) is 3.07. The molecule has 7 heteroatoms. The smallest absolute Gasteiger partial charge is 0.251 e. The molecule has 0 saturated heterocycles. The van der Waals surface area contributed by atoms with Crippen LogP contribution in [-0.4, -0.2) is 27.4 Å². The number of thiazole rings is 1. The van der Waals surface area contributed by atoms with Gasteiger partial charge in [-0.2, -0.15) is 0 Å². The van der Waals surface area contributed by atoms with Crippen molar-refractivity contribution in [1.29, 1.82) is 0 Å². The van der Waals surface area contributed by atoms with E-state index < -0.39 is 0 Å². The first-order valence-electron chi connectivity index (χ1n) is 7.67. The Kier molecular flexibility index (Phi) is 5.42. The monoisotopic (exact) mass is 358 g/mol. The van der Waals surface area contributed by atoms with Crippen molar-refractivity contribution in [2.75, 3.05) is 6.54 Å². The van der Waals surface area contributed by atoms with E-state index in [0.717, 1.165) is 26.7 Å². The first-order chi connectivity index (χ1) is 11.6. The van der Waals surface area contributed by atoms with E-state index in [1.54, 1.807) is 23.6 Å². The second-order valence-corrected chi connectivity index (χ2v) is 7.58. The zero-order valence-electron chi connectivity index (χ0n) is 13.5. The minimum atomic E-state index is -0.0283. The highest BCUT2D eigenvalue weighted by Crippen LogP contribution is 2.28. The molecule has 0 aliphatic heterocycles. The molecule has 124 valence electrons. The highest BCUT2D eigenvalue weighted by atomic mass is 32.2. The maximum atomic E-state index is 12.2. The van der Waals surface area contributed by atoms with Gasteiger partial charge >= 0.3 is 0 Å². The van der Waals surface area contributed by atoms with Gasteiger partial charge in [0, 0.05) is 17.9 Å². The number of nitrogens with one attached hydrogen (secondary N) is 1. The molecule has 0 aliphatic rings. The summed E-state index contributed by atoms with van der Waals surface area (Å²) < 4.78 is 0. The van der Waals surface area contributed by atoms with Gasteiger partial charge in [-0.1, -0.05) is 37.7 Å². The SMILES string of the molecule is CC(C)CNC(=O)c1cccc(CSc2ncnc3scnc23)c1. The second-order valence-electron chi connectivity index (χ2n) is 5.78. The number of benzene rings is 1. The van der Waals surface area contributed by atoms with E-state index in [1.807, 2.05) is 24.3 Å². The molecule has 0 radical (unpaired) electrons. The standard InChI is InChI=1S/C17H18N4OS2/c1-11(2)7-18-15(22)13-5-3-4-12(6-13)8-23-16-14-17(20-9-19-16)24-10-21-14/h3-6,9-11H,7-8H2,1-2H3,(H,18,22). The van der Waals surface area contributed by atoms with Gasteiger partial charge < -0.3 is 5.32 Å². The summed E-state index contributed by atoms with van der Waals surface area (Å²) in [4.78, 5) is 25.9. The zero-order valence-corrected chi connectivity index (χ0v) is 15.2. The lowest BCUT2D eigenvalue weighted by molar-refractivity contribution is 0.0949. The lowest BCUT2D eigenvalue weighted by Gasteiger charge is -2.09. The van der Waals surface area contributed by atoms with Crippen LogP contribution >= 0.6 is 23.1 Å². The first kappa shape index (κ1) is 16.9. The van der Waals surface area contributed by atoms with E-state index in [-0.39, 0.29) is 5.91 Å². The topological polar surface area (TPSA) is 67.8 Å². The normalized spacial score (nSPS) is 11.1. The summed E-state index contributed by atoms with van der Waals surface area (Å²) in [5, 5.41) is 3.82. The Labute approximate surface area is 148 Å². The molecule has 0 unspecified atom stereocenters. The largest absolute Gasteiger partial charge is 0.352 e. The van der Waals surface area contributed by atoms with Gasteiger partial charge in [-0.3, -0.25) is 4.79 Å². The van der Waals surface area contributed by atoms with Crippen LogP contribution in [0.4, 0.5) is 0 Å². The predicted octanol–water partition coefficient (Wildman–Crippen LogP) is 3.76. The van der Waals surface area contributed by atoms with E-state index in [9.17, 15) is 4.79 Å². The third-order valence-corrected chi connectivity index (χ3v) is 5.12. The van der Waals surface area contributed by atoms with Crippen molar-refractivity contribution >= 4 is 39.4 Å². The highest BCUT2D eigenvalue weighted by Gasteiger charge is 2.09. The molecule has 2 heterocycles. The van der Waals surface area contributed by atoms with Crippen LogP contribution in [0.25, 0.3) is 10.3 Å². The van der Waals surface area contributed by atoms with Crippen molar-refractivity contribution in [3.05, 3.63) is 47.2 Å². The number of hydrogen-bond donors (Lipinski definition) is 1. The lowest BCUT2D eigenvalue weighted by Crippen LogP contribution is -2.27. The second kappa shape index (κ2) is 7.72. The Hall–Kier alpha value is -1.99. The van der Waals surface area contributed by atoms with Gasteiger partial charge in [0.1, 0.15) is 21.7 Å². The highest BCUT2D eigenvalue weighted by molar-refractivity contribution is 7.98. The summed E-state index contributed by atoms with van der Waals surface area (Å²) in [6.07, 6.45) is 1.57.